The number of carbonyl (C=O) groups excluding carboxylic acids is 1. The highest BCUT2D eigenvalue weighted by molar-refractivity contribution is 6.30. The fourth-order valence-electron chi connectivity index (χ4n) is 2.15. The summed E-state index contributed by atoms with van der Waals surface area (Å²) in [4.78, 5) is 10.1. The van der Waals surface area contributed by atoms with E-state index in [1.807, 2.05) is 25.1 Å². The van der Waals surface area contributed by atoms with E-state index in [9.17, 15) is 4.79 Å². The van der Waals surface area contributed by atoms with Crippen molar-refractivity contribution in [1.29, 1.82) is 0 Å². The summed E-state index contributed by atoms with van der Waals surface area (Å²) >= 11 is 5.83. The molecule has 2 aromatic rings. The van der Waals surface area contributed by atoms with Crippen LogP contribution < -0.4 is 5.32 Å². The number of rotatable bonds is 4. The molecular formula is C21H28ClNO2. The zero-order chi connectivity index (χ0) is 18.3. The van der Waals surface area contributed by atoms with Gasteiger partial charge in [0.25, 0.3) is 0 Å². The lowest BCUT2D eigenvalue weighted by molar-refractivity contribution is -0.119. The molecule has 0 saturated carbocycles. The third-order valence-electron chi connectivity index (χ3n) is 3.58. The minimum absolute atomic E-state index is 0.204. The first kappa shape index (κ1) is 21.2. The quantitative estimate of drug-likeness (QED) is 0.847. The van der Waals surface area contributed by atoms with Crippen molar-refractivity contribution in [2.45, 2.75) is 39.0 Å². The number of aliphatic hydroxyl groups excluding tert-OH is 1. The molecule has 0 aliphatic carbocycles. The number of benzene rings is 2. The molecule has 0 spiro atoms. The first-order valence-corrected chi connectivity index (χ1v) is 9.19. The van der Waals surface area contributed by atoms with Crippen LogP contribution in [-0.2, 0) is 17.6 Å². The summed E-state index contributed by atoms with van der Waals surface area (Å²) in [6.07, 6.45) is 4.79. The minimum Gasteiger partial charge on any atom is -0.396 e. The molecule has 0 aromatic heterocycles. The van der Waals surface area contributed by atoms with Gasteiger partial charge in [0, 0.05) is 24.6 Å². The predicted octanol–water partition coefficient (Wildman–Crippen LogP) is 4.41. The lowest BCUT2D eigenvalue weighted by atomic mass is 10.0. The number of hydrogen-bond acceptors (Lipinski definition) is 2. The molecule has 1 heterocycles. The molecular weight excluding hydrogens is 334 g/mol. The maximum Gasteiger partial charge on any atom is 0.220 e. The van der Waals surface area contributed by atoms with Crippen molar-refractivity contribution in [2.24, 2.45) is 0 Å². The standard InChI is InChI=1S/C14H13Cl.C4H7NO.C3H8O/c15-14-10-8-13(9-11-14)7-6-12-4-2-1-3-5-12;6-4-2-1-3-5-4;1-2-3-4/h1-5,8-11H,6-7H2;1-3H2,(H,5,6);4H,2-3H2,1H3. The summed E-state index contributed by atoms with van der Waals surface area (Å²) in [6, 6.07) is 18.6. The molecule has 2 N–H and O–H groups in total. The van der Waals surface area contributed by atoms with Gasteiger partial charge in [0.1, 0.15) is 0 Å². The van der Waals surface area contributed by atoms with Gasteiger partial charge in [-0.25, -0.2) is 0 Å². The van der Waals surface area contributed by atoms with Crippen LogP contribution in [0.3, 0.4) is 0 Å². The van der Waals surface area contributed by atoms with Crippen LogP contribution in [0.4, 0.5) is 0 Å². The summed E-state index contributed by atoms with van der Waals surface area (Å²) in [6.45, 7) is 3.14. The van der Waals surface area contributed by atoms with Crippen molar-refractivity contribution in [3.05, 3.63) is 70.7 Å². The van der Waals surface area contributed by atoms with Gasteiger partial charge in [0.15, 0.2) is 0 Å². The summed E-state index contributed by atoms with van der Waals surface area (Å²) in [7, 11) is 0. The highest BCUT2D eigenvalue weighted by Crippen LogP contribution is 2.12. The van der Waals surface area contributed by atoms with Crippen molar-refractivity contribution in [3.63, 3.8) is 0 Å². The van der Waals surface area contributed by atoms with Gasteiger partial charge in [-0.1, -0.05) is 61.0 Å². The van der Waals surface area contributed by atoms with Crippen molar-refractivity contribution in [1.82, 2.24) is 5.32 Å². The molecule has 2 aromatic carbocycles. The van der Waals surface area contributed by atoms with E-state index in [0.717, 1.165) is 43.7 Å². The smallest absolute Gasteiger partial charge is 0.220 e. The van der Waals surface area contributed by atoms with E-state index in [2.05, 4.69) is 41.7 Å². The van der Waals surface area contributed by atoms with Gasteiger partial charge in [-0.3, -0.25) is 4.79 Å². The second-order valence-electron chi connectivity index (χ2n) is 5.79. The summed E-state index contributed by atoms with van der Waals surface area (Å²) in [5, 5.41) is 11.4. The summed E-state index contributed by atoms with van der Waals surface area (Å²) in [5.41, 5.74) is 2.72. The van der Waals surface area contributed by atoms with Crippen LogP contribution in [0, 0.1) is 0 Å². The molecule has 3 nitrogen and oxygen atoms in total. The second kappa shape index (κ2) is 13.5. The van der Waals surface area contributed by atoms with Gasteiger partial charge in [0.05, 0.1) is 0 Å². The van der Waals surface area contributed by atoms with Crippen molar-refractivity contribution in [2.75, 3.05) is 13.2 Å². The fourth-order valence-corrected chi connectivity index (χ4v) is 2.28. The third-order valence-corrected chi connectivity index (χ3v) is 3.84. The zero-order valence-corrected chi connectivity index (χ0v) is 15.6. The largest absolute Gasteiger partial charge is 0.396 e. The SMILES string of the molecule is CCCO.Clc1ccc(CCc2ccccc2)cc1.O=C1CCCN1. The van der Waals surface area contributed by atoms with Crippen LogP contribution in [0.25, 0.3) is 0 Å². The van der Waals surface area contributed by atoms with Gasteiger partial charge in [-0.15, -0.1) is 0 Å². The molecule has 1 aliphatic rings. The summed E-state index contributed by atoms with van der Waals surface area (Å²) < 4.78 is 0. The lowest BCUT2D eigenvalue weighted by Gasteiger charge is -2.01. The molecule has 0 radical (unpaired) electrons. The van der Waals surface area contributed by atoms with Crippen molar-refractivity contribution in [3.8, 4) is 0 Å². The Bertz CT molecular complexity index is 575. The molecule has 136 valence electrons. The van der Waals surface area contributed by atoms with Gasteiger partial charge >= 0.3 is 0 Å². The van der Waals surface area contributed by atoms with Crippen molar-refractivity contribution >= 4 is 17.5 Å². The van der Waals surface area contributed by atoms with Crippen LogP contribution in [0.1, 0.15) is 37.3 Å². The van der Waals surface area contributed by atoms with Gasteiger partial charge in [0.2, 0.25) is 5.91 Å². The van der Waals surface area contributed by atoms with E-state index in [0.29, 0.717) is 6.61 Å². The highest BCUT2D eigenvalue weighted by atomic mass is 35.5. The summed E-state index contributed by atoms with van der Waals surface area (Å²) in [5.74, 6) is 0.204. The molecule has 0 atom stereocenters. The maximum absolute atomic E-state index is 10.1. The molecule has 1 fully saturated rings. The Morgan fingerprint density at radius 2 is 1.56 bits per heavy atom. The van der Waals surface area contributed by atoms with Crippen LogP contribution >= 0.6 is 11.6 Å². The molecule has 1 aliphatic heterocycles. The predicted molar refractivity (Wildman–Crippen MR) is 105 cm³/mol. The number of halogens is 1. The Morgan fingerprint density at radius 1 is 1.00 bits per heavy atom. The van der Waals surface area contributed by atoms with E-state index in [4.69, 9.17) is 16.7 Å². The average molecular weight is 362 g/mol. The number of aliphatic hydroxyl groups is 1. The Labute approximate surface area is 156 Å². The number of carbonyl (C=O) groups is 1. The van der Waals surface area contributed by atoms with Crippen molar-refractivity contribution < 1.29 is 9.90 Å². The molecule has 1 amide bonds. The molecule has 4 heteroatoms. The Kier molecular flexibility index (Phi) is 11.4. The minimum atomic E-state index is 0.204. The molecule has 1 saturated heterocycles. The highest BCUT2D eigenvalue weighted by Gasteiger charge is 2.05. The van der Waals surface area contributed by atoms with E-state index in [1.165, 1.54) is 11.1 Å². The van der Waals surface area contributed by atoms with Crippen LogP contribution in [0.2, 0.25) is 5.02 Å². The van der Waals surface area contributed by atoms with Gasteiger partial charge < -0.3 is 10.4 Å². The number of nitrogens with one attached hydrogen (secondary N) is 1. The van der Waals surface area contributed by atoms with Crippen LogP contribution in [0.5, 0.6) is 0 Å². The van der Waals surface area contributed by atoms with E-state index in [1.54, 1.807) is 0 Å². The molecule has 25 heavy (non-hydrogen) atoms. The number of aryl methyl sites for hydroxylation is 2. The Hall–Kier alpha value is -1.84. The third kappa shape index (κ3) is 10.6. The monoisotopic (exact) mass is 361 g/mol. The normalized spacial score (nSPS) is 12.4. The maximum atomic E-state index is 10.1. The van der Waals surface area contributed by atoms with Gasteiger partial charge in [-0.2, -0.15) is 0 Å². The number of amides is 1. The Morgan fingerprint density at radius 3 is 1.96 bits per heavy atom. The first-order valence-electron chi connectivity index (χ1n) is 8.81. The van der Waals surface area contributed by atoms with Crippen LogP contribution in [-0.4, -0.2) is 24.2 Å². The average Bonchev–Trinajstić information content (AvgIpc) is 3.14. The lowest BCUT2D eigenvalue weighted by Crippen LogP contribution is -2.12. The molecule has 0 unspecified atom stereocenters. The topological polar surface area (TPSA) is 49.3 Å². The first-order chi connectivity index (χ1) is 12.2. The van der Waals surface area contributed by atoms with Crippen LogP contribution in [0.15, 0.2) is 54.6 Å². The molecule has 3 rings (SSSR count). The fraction of sp³-hybridized carbons (Fsp3) is 0.381. The van der Waals surface area contributed by atoms with Gasteiger partial charge in [-0.05, 0) is 48.9 Å². The zero-order valence-electron chi connectivity index (χ0n) is 14.9. The Balaban J connectivity index is 0.000000257. The second-order valence-corrected chi connectivity index (χ2v) is 6.23. The number of hydrogen-bond donors (Lipinski definition) is 2. The van der Waals surface area contributed by atoms with E-state index in [-0.39, 0.29) is 5.91 Å². The van der Waals surface area contributed by atoms with E-state index < -0.39 is 0 Å². The van der Waals surface area contributed by atoms with E-state index >= 15 is 0 Å². The molecule has 0 bridgehead atoms.